The summed E-state index contributed by atoms with van der Waals surface area (Å²) in [5, 5.41) is 21.5. The molecule has 0 saturated carbocycles. The number of non-ortho nitro benzene ring substituents is 1. The fourth-order valence-corrected chi connectivity index (χ4v) is 2.22. The first kappa shape index (κ1) is 17.0. The van der Waals surface area contributed by atoms with Gasteiger partial charge in [0.1, 0.15) is 5.69 Å². The zero-order chi connectivity index (χ0) is 18.5. The Labute approximate surface area is 147 Å². The molecule has 3 aromatic rings. The van der Waals surface area contributed by atoms with Gasteiger partial charge in [0.2, 0.25) is 0 Å². The highest BCUT2D eigenvalue weighted by atomic mass is 16.6. The van der Waals surface area contributed by atoms with E-state index in [1.54, 1.807) is 43.6 Å². The lowest BCUT2D eigenvalue weighted by Gasteiger charge is -2.01. The van der Waals surface area contributed by atoms with Crippen molar-refractivity contribution in [2.75, 3.05) is 0 Å². The second kappa shape index (κ2) is 7.34. The third kappa shape index (κ3) is 3.78. The lowest BCUT2D eigenvalue weighted by Crippen LogP contribution is -2.19. The molecule has 0 aliphatic rings. The molecule has 130 valence electrons. The van der Waals surface area contributed by atoms with Gasteiger partial charge < -0.3 is 0 Å². The molecule has 2 N–H and O–H groups in total. The van der Waals surface area contributed by atoms with Gasteiger partial charge >= 0.3 is 0 Å². The van der Waals surface area contributed by atoms with Gasteiger partial charge in [-0.05, 0) is 25.1 Å². The van der Waals surface area contributed by atoms with Gasteiger partial charge in [-0.25, -0.2) is 5.43 Å². The number of hydrazone groups is 1. The Morgan fingerprint density at radius 2 is 2.00 bits per heavy atom. The lowest BCUT2D eigenvalue weighted by atomic mass is 10.1. The number of nitrogens with one attached hydrogen (secondary N) is 2. The van der Waals surface area contributed by atoms with Gasteiger partial charge in [-0.1, -0.05) is 12.1 Å². The minimum atomic E-state index is -0.486. The summed E-state index contributed by atoms with van der Waals surface area (Å²) in [6.45, 7) is 1.76. The lowest BCUT2D eigenvalue weighted by molar-refractivity contribution is -0.384. The Morgan fingerprint density at radius 3 is 2.73 bits per heavy atom. The maximum Gasteiger partial charge on any atom is 0.289 e. The molecule has 0 radical (unpaired) electrons. The average Bonchev–Trinajstić information content (AvgIpc) is 3.17. The summed E-state index contributed by atoms with van der Waals surface area (Å²) in [7, 11) is 0. The smallest absolute Gasteiger partial charge is 0.272 e. The van der Waals surface area contributed by atoms with Crippen LogP contribution in [0.4, 0.5) is 5.69 Å². The van der Waals surface area contributed by atoms with Crippen molar-refractivity contribution in [3.63, 3.8) is 0 Å². The number of nitrogens with zero attached hydrogens (tertiary/aromatic N) is 4. The number of carbonyl (C=O) groups excluding carboxylic acids is 1. The van der Waals surface area contributed by atoms with Crippen LogP contribution in [0.3, 0.4) is 0 Å². The molecule has 1 amide bonds. The van der Waals surface area contributed by atoms with Gasteiger partial charge in [-0.2, -0.15) is 10.2 Å². The first-order chi connectivity index (χ1) is 12.5. The Morgan fingerprint density at radius 1 is 1.23 bits per heavy atom. The number of carbonyl (C=O) groups is 1. The molecule has 26 heavy (non-hydrogen) atoms. The molecule has 9 heteroatoms. The molecule has 0 bridgehead atoms. The van der Waals surface area contributed by atoms with E-state index < -0.39 is 10.8 Å². The molecule has 0 unspecified atom stereocenters. The summed E-state index contributed by atoms with van der Waals surface area (Å²) in [6, 6.07) is 11.1. The van der Waals surface area contributed by atoms with Crippen LogP contribution in [-0.4, -0.2) is 31.7 Å². The van der Waals surface area contributed by atoms with Crippen molar-refractivity contribution >= 4 is 17.3 Å². The second-order valence-corrected chi connectivity index (χ2v) is 5.35. The summed E-state index contributed by atoms with van der Waals surface area (Å²) in [5.74, 6) is -0.470. The highest BCUT2D eigenvalue weighted by molar-refractivity contribution is 6.00. The van der Waals surface area contributed by atoms with E-state index in [0.29, 0.717) is 17.0 Å². The monoisotopic (exact) mass is 350 g/mol. The Bertz CT molecular complexity index is 981. The number of H-pyrrole nitrogens is 1. The first-order valence-corrected chi connectivity index (χ1v) is 7.60. The molecule has 0 aliphatic carbocycles. The van der Waals surface area contributed by atoms with Gasteiger partial charge in [0.05, 0.1) is 16.3 Å². The number of amides is 1. The molecule has 0 atom stereocenters. The number of hydrogen-bond acceptors (Lipinski definition) is 6. The summed E-state index contributed by atoms with van der Waals surface area (Å²) in [6.07, 6.45) is 3.27. The van der Waals surface area contributed by atoms with Crippen molar-refractivity contribution < 1.29 is 9.72 Å². The average molecular weight is 350 g/mol. The Hall–Kier alpha value is -3.88. The van der Waals surface area contributed by atoms with E-state index in [1.807, 2.05) is 0 Å². The first-order valence-electron chi connectivity index (χ1n) is 7.60. The van der Waals surface area contributed by atoms with E-state index in [0.717, 1.165) is 5.56 Å². The number of benzene rings is 1. The third-order valence-corrected chi connectivity index (χ3v) is 3.60. The molecular weight excluding hydrogens is 336 g/mol. The largest absolute Gasteiger partial charge is 0.289 e. The molecule has 0 saturated heterocycles. The highest BCUT2D eigenvalue weighted by Crippen LogP contribution is 2.22. The van der Waals surface area contributed by atoms with Crippen molar-refractivity contribution in [3.8, 4) is 11.3 Å². The number of rotatable bonds is 5. The molecule has 2 heterocycles. The van der Waals surface area contributed by atoms with E-state index >= 15 is 0 Å². The van der Waals surface area contributed by atoms with Crippen molar-refractivity contribution in [1.82, 2.24) is 20.6 Å². The molecule has 1 aromatic carbocycles. The van der Waals surface area contributed by atoms with Crippen LogP contribution in [0.5, 0.6) is 0 Å². The van der Waals surface area contributed by atoms with E-state index in [9.17, 15) is 14.9 Å². The summed E-state index contributed by atoms with van der Waals surface area (Å²) in [4.78, 5) is 26.5. The Kier molecular flexibility index (Phi) is 4.79. The van der Waals surface area contributed by atoms with Crippen LogP contribution in [0.25, 0.3) is 11.3 Å². The van der Waals surface area contributed by atoms with E-state index in [2.05, 4.69) is 25.7 Å². The number of aromatic amines is 1. The van der Waals surface area contributed by atoms with Gasteiger partial charge in [-0.15, -0.1) is 0 Å². The van der Waals surface area contributed by atoms with Gasteiger partial charge in [0.15, 0.2) is 0 Å². The molecule has 2 aromatic heterocycles. The van der Waals surface area contributed by atoms with Crippen LogP contribution in [0.2, 0.25) is 0 Å². The maximum atomic E-state index is 12.2. The number of nitro benzene ring substituents is 1. The predicted molar refractivity (Wildman–Crippen MR) is 94.6 cm³/mol. The predicted octanol–water partition coefficient (Wildman–Crippen LogP) is 2.53. The van der Waals surface area contributed by atoms with Crippen LogP contribution in [0.1, 0.15) is 23.0 Å². The number of aromatic nitrogens is 3. The highest BCUT2D eigenvalue weighted by Gasteiger charge is 2.13. The van der Waals surface area contributed by atoms with E-state index in [1.165, 1.54) is 18.2 Å². The minimum Gasteiger partial charge on any atom is -0.272 e. The van der Waals surface area contributed by atoms with Crippen LogP contribution >= 0.6 is 0 Å². The van der Waals surface area contributed by atoms with Gasteiger partial charge in [-0.3, -0.25) is 25.0 Å². The van der Waals surface area contributed by atoms with Crippen molar-refractivity contribution in [3.05, 3.63) is 76.2 Å². The summed E-state index contributed by atoms with van der Waals surface area (Å²) >= 11 is 0. The number of hydrogen-bond donors (Lipinski definition) is 2. The summed E-state index contributed by atoms with van der Waals surface area (Å²) in [5.41, 5.74) is 5.00. The quantitative estimate of drug-likeness (QED) is 0.415. The SMILES string of the molecule is C/C(=N\NC(=O)c1cc(-c2cccc([N+](=O)[O-])c2)n[nH]1)c1ccncc1. The van der Waals surface area contributed by atoms with Crippen molar-refractivity contribution in [1.29, 1.82) is 0 Å². The topological polar surface area (TPSA) is 126 Å². The fourth-order valence-electron chi connectivity index (χ4n) is 2.22. The van der Waals surface area contributed by atoms with Gasteiger partial charge in [0.25, 0.3) is 11.6 Å². The molecule has 0 fully saturated rings. The van der Waals surface area contributed by atoms with Crippen LogP contribution in [0.15, 0.2) is 60.0 Å². The molecule has 0 spiro atoms. The van der Waals surface area contributed by atoms with Crippen LogP contribution in [0, 0.1) is 10.1 Å². The van der Waals surface area contributed by atoms with E-state index in [4.69, 9.17) is 0 Å². The van der Waals surface area contributed by atoms with Crippen LogP contribution in [-0.2, 0) is 0 Å². The summed E-state index contributed by atoms with van der Waals surface area (Å²) < 4.78 is 0. The van der Waals surface area contributed by atoms with Crippen molar-refractivity contribution in [2.24, 2.45) is 5.10 Å². The molecule has 3 rings (SSSR count). The van der Waals surface area contributed by atoms with Crippen LogP contribution < -0.4 is 5.43 Å². The van der Waals surface area contributed by atoms with Gasteiger partial charge in [0, 0.05) is 35.7 Å². The molecule has 0 aliphatic heterocycles. The fraction of sp³-hybridized carbons (Fsp3) is 0.0588. The minimum absolute atomic E-state index is 0.0472. The number of nitro groups is 1. The second-order valence-electron chi connectivity index (χ2n) is 5.35. The third-order valence-electron chi connectivity index (χ3n) is 3.60. The van der Waals surface area contributed by atoms with E-state index in [-0.39, 0.29) is 11.4 Å². The normalized spacial score (nSPS) is 11.2. The Balaban J connectivity index is 1.74. The molecular formula is C17H14N6O3. The standard InChI is InChI=1S/C17H14N6O3/c1-11(12-5-7-18-8-6-12)19-22-17(24)16-10-15(20-21-16)13-3-2-4-14(9-13)23(25)26/h2-10H,1H3,(H,20,21)(H,22,24)/b19-11+. The van der Waals surface area contributed by atoms with Crippen molar-refractivity contribution in [2.45, 2.75) is 6.92 Å². The molecule has 9 nitrogen and oxygen atoms in total. The zero-order valence-corrected chi connectivity index (χ0v) is 13.7. The number of pyridine rings is 1. The maximum absolute atomic E-state index is 12.2. The zero-order valence-electron chi connectivity index (χ0n) is 13.7.